The van der Waals surface area contributed by atoms with Crippen molar-refractivity contribution in [1.29, 1.82) is 0 Å². The zero-order valence-electron chi connectivity index (χ0n) is 21.0. The molecule has 1 saturated heterocycles. The number of carbonyl (C=O) groups is 3. The highest BCUT2D eigenvalue weighted by Gasteiger charge is 2.54. The fourth-order valence-corrected chi connectivity index (χ4v) is 7.25. The van der Waals surface area contributed by atoms with Gasteiger partial charge < -0.3 is 25.7 Å². The fourth-order valence-electron chi connectivity index (χ4n) is 3.84. The van der Waals surface area contributed by atoms with Gasteiger partial charge in [0.15, 0.2) is 15.2 Å². The number of hydrogen-bond donors (Lipinski definition) is 3. The van der Waals surface area contributed by atoms with Gasteiger partial charge in [-0.05, 0) is 11.6 Å². The number of nitro groups is 1. The van der Waals surface area contributed by atoms with E-state index in [1.165, 1.54) is 54.1 Å². The quantitative estimate of drug-likeness (QED) is 0.0868. The van der Waals surface area contributed by atoms with Crippen LogP contribution in [-0.2, 0) is 14.4 Å². The molecule has 2 aromatic heterocycles. The molecule has 1 unspecified atom stereocenters. The predicted molar refractivity (Wildman–Crippen MR) is 151 cm³/mol. The Labute approximate surface area is 251 Å². The number of nitro benzene ring substituents is 1. The molecule has 3 aromatic rings. The number of anilines is 1. The highest BCUT2D eigenvalue weighted by Crippen LogP contribution is 2.41. The molecule has 21 heteroatoms. The van der Waals surface area contributed by atoms with Crippen molar-refractivity contribution in [2.24, 2.45) is 5.16 Å². The lowest BCUT2D eigenvalue weighted by atomic mass is 10.0. The van der Waals surface area contributed by atoms with Crippen molar-refractivity contribution >= 4 is 80.7 Å². The Morgan fingerprint density at radius 2 is 2.19 bits per heavy atom. The molecule has 17 nitrogen and oxygen atoms in total. The molecule has 1 aromatic carbocycles. The van der Waals surface area contributed by atoms with Gasteiger partial charge in [0.2, 0.25) is 17.3 Å². The number of aliphatic carboxylic acids is 1. The number of non-ortho nitro benzene ring substituents is 1. The summed E-state index contributed by atoms with van der Waals surface area (Å²) in [6.45, 7) is 0. The SMILES string of the molecule is COc1ccc([N+](=O)[O-])cc1ON=C(C(=O)NC1C(=O)N2C(C(=O)O)=C(CSc3nncs3)CS[C@@H]12)c1nsc(N)n1. The van der Waals surface area contributed by atoms with E-state index in [-0.39, 0.29) is 33.8 Å². The van der Waals surface area contributed by atoms with Crippen molar-refractivity contribution in [3.8, 4) is 11.5 Å². The first-order chi connectivity index (χ1) is 20.2. The van der Waals surface area contributed by atoms with Crippen LogP contribution < -0.4 is 20.6 Å². The highest BCUT2D eigenvalue weighted by molar-refractivity contribution is 8.01. The van der Waals surface area contributed by atoms with Gasteiger partial charge in [-0.15, -0.1) is 22.0 Å². The first-order valence-corrected chi connectivity index (χ1v) is 15.1. The Kier molecular flexibility index (Phi) is 8.51. The number of carboxylic acid groups (broad SMARTS) is 1. The summed E-state index contributed by atoms with van der Waals surface area (Å²) < 4.78 is 9.78. The van der Waals surface area contributed by atoms with Gasteiger partial charge in [-0.3, -0.25) is 24.6 Å². The number of rotatable bonds is 11. The summed E-state index contributed by atoms with van der Waals surface area (Å²) in [6, 6.07) is 2.44. The Morgan fingerprint density at radius 1 is 1.38 bits per heavy atom. The Bertz CT molecular complexity index is 1630. The van der Waals surface area contributed by atoms with Crippen LogP contribution in [0.3, 0.4) is 0 Å². The van der Waals surface area contributed by atoms with E-state index in [1.54, 1.807) is 5.51 Å². The van der Waals surface area contributed by atoms with Gasteiger partial charge in [0.25, 0.3) is 17.5 Å². The monoisotopic (exact) mass is 651 g/mol. The molecule has 4 heterocycles. The molecule has 0 radical (unpaired) electrons. The van der Waals surface area contributed by atoms with Crippen LogP contribution in [0.1, 0.15) is 5.82 Å². The largest absolute Gasteiger partial charge is 0.493 e. The van der Waals surface area contributed by atoms with Gasteiger partial charge in [0, 0.05) is 29.1 Å². The number of benzene rings is 1. The van der Waals surface area contributed by atoms with Crippen LogP contribution in [0, 0.1) is 10.1 Å². The number of fused-ring (bicyclic) bond motifs is 1. The maximum atomic E-state index is 13.3. The second kappa shape index (κ2) is 12.3. The second-order valence-corrected chi connectivity index (χ2v) is 12.1. The lowest BCUT2D eigenvalue weighted by Gasteiger charge is -2.49. The summed E-state index contributed by atoms with van der Waals surface area (Å²) in [5.41, 5.74) is 6.82. The lowest BCUT2D eigenvalue weighted by Crippen LogP contribution is -2.71. The van der Waals surface area contributed by atoms with E-state index in [9.17, 15) is 29.6 Å². The minimum Gasteiger partial charge on any atom is -0.493 e. The van der Waals surface area contributed by atoms with E-state index in [2.05, 4.69) is 30.0 Å². The summed E-state index contributed by atoms with van der Waals surface area (Å²) in [6.07, 6.45) is 0. The first kappa shape index (κ1) is 29.2. The van der Waals surface area contributed by atoms with E-state index < -0.39 is 39.8 Å². The number of amides is 2. The summed E-state index contributed by atoms with van der Waals surface area (Å²) in [7, 11) is 1.31. The van der Waals surface area contributed by atoms with Crippen LogP contribution in [-0.4, -0.2) is 88.0 Å². The van der Waals surface area contributed by atoms with E-state index in [0.29, 0.717) is 21.4 Å². The Balaban J connectivity index is 1.36. The maximum absolute atomic E-state index is 13.3. The number of oxime groups is 1. The molecule has 2 atom stereocenters. The minimum atomic E-state index is -1.27. The average Bonchev–Trinajstić information content (AvgIpc) is 3.66. The third kappa shape index (κ3) is 5.84. The summed E-state index contributed by atoms with van der Waals surface area (Å²) >= 11 is 4.69. The van der Waals surface area contributed by atoms with Crippen molar-refractivity contribution < 1.29 is 34.0 Å². The second-order valence-electron chi connectivity index (χ2n) is 8.19. The number of carbonyl (C=O) groups excluding carboxylic acids is 2. The Hall–Kier alpha value is -4.34. The van der Waals surface area contributed by atoms with Gasteiger partial charge in [0.05, 0.1) is 18.1 Å². The van der Waals surface area contributed by atoms with Crippen molar-refractivity contribution in [2.45, 2.75) is 15.8 Å². The highest BCUT2D eigenvalue weighted by atomic mass is 32.2. The summed E-state index contributed by atoms with van der Waals surface area (Å²) in [5, 5.41) is 34.4. The standard InChI is InChI=1S/C21H17N9O8S4/c1-37-10-3-2-9(30(35)36)4-11(10)38-27-12(15-25-20(22)42-28-15)16(31)24-13-17(32)29-14(19(33)34)8(5-39-18(13)29)6-40-21-26-23-7-41-21/h2-4,7,13,18H,5-6H2,1H3,(H,24,31)(H,33,34)(H2,22,25,28)/t13?,18-/m0/s1. The molecule has 4 N–H and O–H groups in total. The number of carboxylic acids is 1. The van der Waals surface area contributed by atoms with Crippen molar-refractivity contribution in [3.05, 3.63) is 50.9 Å². The molecule has 42 heavy (non-hydrogen) atoms. The number of aromatic nitrogens is 4. The molecule has 5 rings (SSSR count). The number of methoxy groups -OCH3 is 1. The fraction of sp³-hybridized carbons (Fsp3) is 0.238. The van der Waals surface area contributed by atoms with Crippen molar-refractivity contribution in [1.82, 2.24) is 29.8 Å². The maximum Gasteiger partial charge on any atom is 0.352 e. The van der Waals surface area contributed by atoms with Crippen molar-refractivity contribution in [2.75, 3.05) is 24.3 Å². The molecule has 0 spiro atoms. The van der Waals surface area contributed by atoms with Gasteiger partial charge in [-0.1, -0.05) is 28.3 Å². The number of hydrogen-bond acceptors (Lipinski definition) is 17. The van der Waals surface area contributed by atoms with Crippen molar-refractivity contribution in [3.63, 3.8) is 0 Å². The minimum absolute atomic E-state index is 0.0160. The Morgan fingerprint density at radius 3 is 2.83 bits per heavy atom. The number of β-lactam (4-membered cyclic amide) rings is 1. The molecule has 0 aliphatic carbocycles. The number of thioether (sulfide) groups is 2. The molecule has 1 fully saturated rings. The van der Waals surface area contributed by atoms with Gasteiger partial charge in [0.1, 0.15) is 22.6 Å². The zero-order valence-corrected chi connectivity index (χ0v) is 24.3. The predicted octanol–water partition coefficient (Wildman–Crippen LogP) is 1.20. The summed E-state index contributed by atoms with van der Waals surface area (Å²) in [4.78, 5) is 59.6. The van der Waals surface area contributed by atoms with E-state index in [1.807, 2.05) is 0 Å². The van der Waals surface area contributed by atoms with Crippen LogP contribution >= 0.6 is 46.4 Å². The number of nitrogens with two attached hydrogens (primary N) is 1. The zero-order chi connectivity index (χ0) is 30.0. The molecular weight excluding hydrogens is 635 g/mol. The third-order valence-corrected chi connectivity index (χ3v) is 9.54. The van der Waals surface area contributed by atoms with Crippen LogP contribution in [0.2, 0.25) is 0 Å². The molecule has 0 bridgehead atoms. The van der Waals surface area contributed by atoms with E-state index >= 15 is 0 Å². The number of nitrogen functional groups attached to an aromatic ring is 1. The summed E-state index contributed by atoms with van der Waals surface area (Å²) in [5.74, 6) is -2.54. The molecule has 2 aliphatic rings. The van der Waals surface area contributed by atoms with E-state index in [4.69, 9.17) is 15.3 Å². The average molecular weight is 652 g/mol. The van der Waals surface area contributed by atoms with Gasteiger partial charge in [-0.25, -0.2) is 4.79 Å². The van der Waals surface area contributed by atoms with Gasteiger partial charge in [-0.2, -0.15) is 9.36 Å². The lowest BCUT2D eigenvalue weighted by molar-refractivity contribution is -0.385. The van der Waals surface area contributed by atoms with Crippen LogP contribution in [0.25, 0.3) is 0 Å². The number of ether oxygens (including phenoxy) is 1. The first-order valence-electron chi connectivity index (χ1n) is 11.4. The van der Waals surface area contributed by atoms with Crippen LogP contribution in [0.15, 0.2) is 44.5 Å². The van der Waals surface area contributed by atoms with E-state index in [0.717, 1.165) is 22.5 Å². The molecule has 218 valence electrons. The number of nitrogens with zero attached hydrogens (tertiary/aromatic N) is 7. The van der Waals surface area contributed by atoms with Gasteiger partial charge >= 0.3 is 5.97 Å². The molecule has 0 saturated carbocycles. The van der Waals surface area contributed by atoms with Crippen LogP contribution in [0.4, 0.5) is 10.8 Å². The van der Waals surface area contributed by atoms with Crippen LogP contribution in [0.5, 0.6) is 11.5 Å². The molecular formula is C21H17N9O8S4. The number of nitrogens with one attached hydrogen (secondary N) is 1. The molecule has 2 aliphatic heterocycles. The smallest absolute Gasteiger partial charge is 0.352 e. The topological polar surface area (TPSA) is 238 Å². The third-order valence-electron chi connectivity index (χ3n) is 5.71. The normalized spacial score (nSPS) is 18.3. The molecule has 2 amide bonds.